The van der Waals surface area contributed by atoms with E-state index in [1.54, 1.807) is 6.07 Å². The molecule has 0 radical (unpaired) electrons. The molecular formula is C16H21F3N2O3S. The lowest BCUT2D eigenvalue weighted by molar-refractivity contribution is -0.253. The highest BCUT2D eigenvalue weighted by Crippen LogP contribution is 2.34. The fraction of sp³-hybridized carbons (Fsp3) is 0.625. The van der Waals surface area contributed by atoms with E-state index in [-0.39, 0.29) is 0 Å². The number of aliphatic hydroxyl groups is 1. The van der Waals surface area contributed by atoms with Crippen molar-refractivity contribution in [2.24, 2.45) is 5.92 Å². The number of fused-ring (bicyclic) bond motifs is 1. The van der Waals surface area contributed by atoms with Gasteiger partial charge in [-0.2, -0.15) is 13.2 Å². The van der Waals surface area contributed by atoms with Gasteiger partial charge in [-0.25, -0.2) is 0 Å². The number of aryl methyl sites for hydroxylation is 1. The summed E-state index contributed by atoms with van der Waals surface area (Å²) in [6.45, 7) is 2.63. The predicted octanol–water partition coefficient (Wildman–Crippen LogP) is 2.73. The number of nitrogens with one attached hydrogen (secondary N) is 2. The van der Waals surface area contributed by atoms with Crippen LogP contribution in [0.4, 0.5) is 13.2 Å². The zero-order valence-electron chi connectivity index (χ0n) is 14.0. The Kier molecular flexibility index (Phi) is 5.78. The van der Waals surface area contributed by atoms with Crippen LogP contribution in [0.25, 0.3) is 0 Å². The van der Waals surface area contributed by atoms with E-state index in [1.165, 1.54) is 11.3 Å². The van der Waals surface area contributed by atoms with E-state index in [1.807, 2.05) is 5.43 Å². The number of carbonyl (C=O) groups is 2. The van der Waals surface area contributed by atoms with E-state index >= 15 is 0 Å². The van der Waals surface area contributed by atoms with Gasteiger partial charge in [0.15, 0.2) is 5.60 Å². The Labute approximate surface area is 147 Å². The summed E-state index contributed by atoms with van der Waals surface area (Å²) in [7, 11) is 0. The van der Waals surface area contributed by atoms with E-state index in [9.17, 15) is 27.9 Å². The van der Waals surface area contributed by atoms with E-state index in [0.717, 1.165) is 36.1 Å². The molecule has 1 heterocycles. The van der Waals surface area contributed by atoms with Gasteiger partial charge in [-0.05, 0) is 43.7 Å². The van der Waals surface area contributed by atoms with E-state index < -0.39 is 30.0 Å². The van der Waals surface area contributed by atoms with Crippen molar-refractivity contribution in [1.82, 2.24) is 10.9 Å². The first kappa shape index (κ1) is 19.7. The van der Waals surface area contributed by atoms with Gasteiger partial charge < -0.3 is 5.11 Å². The van der Waals surface area contributed by atoms with Crippen molar-refractivity contribution < 1.29 is 27.9 Å². The Bertz CT molecular complexity index is 656. The molecule has 5 nitrogen and oxygen atoms in total. The molecule has 0 spiro atoms. The first-order chi connectivity index (χ1) is 11.5. The van der Waals surface area contributed by atoms with Crippen LogP contribution in [0.1, 0.15) is 53.2 Å². The summed E-state index contributed by atoms with van der Waals surface area (Å²) in [6, 6.07) is 1.77. The molecule has 0 unspecified atom stereocenters. The molecule has 0 saturated heterocycles. The van der Waals surface area contributed by atoms with Gasteiger partial charge in [-0.15, -0.1) is 11.3 Å². The SMILES string of the molecule is CC[C@@H]1CCc2sc(C(=O)NNC(=O)C[C@@](C)(O)C(F)(F)F)cc2C1. The highest BCUT2D eigenvalue weighted by molar-refractivity contribution is 7.14. The van der Waals surface area contributed by atoms with Crippen LogP contribution < -0.4 is 10.9 Å². The fourth-order valence-corrected chi connectivity index (χ4v) is 3.81. The summed E-state index contributed by atoms with van der Waals surface area (Å²) in [4.78, 5) is 25.2. The normalized spacial score (nSPS) is 19.7. The second kappa shape index (κ2) is 7.33. The summed E-state index contributed by atoms with van der Waals surface area (Å²) in [5, 5.41) is 9.27. The van der Waals surface area contributed by atoms with Gasteiger partial charge in [0.2, 0.25) is 5.91 Å². The van der Waals surface area contributed by atoms with Crippen LogP contribution >= 0.6 is 11.3 Å². The minimum atomic E-state index is -4.93. The van der Waals surface area contributed by atoms with Crippen LogP contribution in [0.15, 0.2) is 6.07 Å². The Hall–Kier alpha value is -1.61. The third-order valence-electron chi connectivity index (χ3n) is 4.42. The van der Waals surface area contributed by atoms with Gasteiger partial charge in [0.1, 0.15) is 0 Å². The Balaban J connectivity index is 1.91. The van der Waals surface area contributed by atoms with Crippen molar-refractivity contribution in [1.29, 1.82) is 0 Å². The number of hydrazine groups is 1. The van der Waals surface area contributed by atoms with Gasteiger partial charge >= 0.3 is 6.18 Å². The highest BCUT2D eigenvalue weighted by atomic mass is 32.1. The molecule has 0 aromatic carbocycles. The molecule has 2 amide bonds. The minimum Gasteiger partial charge on any atom is -0.380 e. The molecule has 140 valence electrons. The summed E-state index contributed by atoms with van der Waals surface area (Å²) in [6.07, 6.45) is -2.16. The first-order valence-corrected chi connectivity index (χ1v) is 8.85. The maximum absolute atomic E-state index is 12.5. The smallest absolute Gasteiger partial charge is 0.380 e. The monoisotopic (exact) mass is 378 g/mol. The van der Waals surface area contributed by atoms with Gasteiger partial charge in [-0.1, -0.05) is 13.3 Å². The lowest BCUT2D eigenvalue weighted by Crippen LogP contribution is -2.49. The highest BCUT2D eigenvalue weighted by Gasteiger charge is 2.51. The van der Waals surface area contributed by atoms with Crippen molar-refractivity contribution in [2.75, 3.05) is 0 Å². The summed E-state index contributed by atoms with van der Waals surface area (Å²) < 4.78 is 37.6. The van der Waals surface area contributed by atoms with Crippen molar-refractivity contribution >= 4 is 23.2 Å². The Morgan fingerprint density at radius 3 is 2.64 bits per heavy atom. The number of rotatable bonds is 4. The standard InChI is InChI=1S/C16H21F3N2O3S/c1-3-9-4-5-11-10(6-9)7-12(25-11)14(23)21-20-13(22)8-15(2,24)16(17,18)19/h7,9,24H,3-6,8H2,1-2H3,(H,20,22)(H,21,23)/t9-,15-/m1/s1. The second-order valence-electron chi connectivity index (χ2n) is 6.53. The second-order valence-corrected chi connectivity index (χ2v) is 7.66. The molecule has 2 atom stereocenters. The van der Waals surface area contributed by atoms with Gasteiger partial charge in [0.25, 0.3) is 5.91 Å². The largest absolute Gasteiger partial charge is 0.417 e. The summed E-state index contributed by atoms with van der Waals surface area (Å²) in [5.74, 6) is -1.10. The van der Waals surface area contributed by atoms with Crippen LogP contribution in [0.3, 0.4) is 0 Å². The molecule has 1 aliphatic rings. The number of halogens is 3. The first-order valence-electron chi connectivity index (χ1n) is 8.03. The number of hydrogen-bond donors (Lipinski definition) is 3. The topological polar surface area (TPSA) is 78.4 Å². The average Bonchev–Trinajstić information content (AvgIpc) is 2.94. The predicted molar refractivity (Wildman–Crippen MR) is 87.0 cm³/mol. The molecule has 9 heteroatoms. The molecule has 0 fully saturated rings. The molecule has 2 rings (SSSR count). The van der Waals surface area contributed by atoms with Crippen LogP contribution in [0.5, 0.6) is 0 Å². The lowest BCUT2D eigenvalue weighted by Gasteiger charge is -2.25. The van der Waals surface area contributed by atoms with Crippen molar-refractivity contribution in [2.45, 2.75) is 57.7 Å². The number of alkyl halides is 3. The van der Waals surface area contributed by atoms with Gasteiger partial charge in [0, 0.05) is 4.88 Å². The molecule has 1 aromatic rings. The summed E-state index contributed by atoms with van der Waals surface area (Å²) >= 11 is 1.33. The zero-order chi connectivity index (χ0) is 18.8. The Morgan fingerprint density at radius 1 is 1.36 bits per heavy atom. The zero-order valence-corrected chi connectivity index (χ0v) is 14.8. The molecule has 1 aliphatic carbocycles. The van der Waals surface area contributed by atoms with Gasteiger partial charge in [-0.3, -0.25) is 20.4 Å². The molecule has 1 aromatic heterocycles. The van der Waals surface area contributed by atoms with Crippen molar-refractivity contribution in [3.05, 3.63) is 21.4 Å². The number of hydrogen-bond acceptors (Lipinski definition) is 4. The minimum absolute atomic E-state index is 0.407. The van der Waals surface area contributed by atoms with E-state index in [4.69, 9.17) is 0 Å². The maximum Gasteiger partial charge on any atom is 0.417 e. The molecule has 0 bridgehead atoms. The van der Waals surface area contributed by atoms with Crippen molar-refractivity contribution in [3.8, 4) is 0 Å². The third kappa shape index (κ3) is 4.72. The van der Waals surface area contributed by atoms with Gasteiger partial charge in [0.05, 0.1) is 11.3 Å². The molecule has 3 N–H and O–H groups in total. The molecule has 0 saturated carbocycles. The Morgan fingerprint density at radius 2 is 2.04 bits per heavy atom. The van der Waals surface area contributed by atoms with E-state index in [2.05, 4.69) is 12.3 Å². The quantitative estimate of drug-likeness (QED) is 0.705. The number of thiophene rings is 1. The fourth-order valence-electron chi connectivity index (χ4n) is 2.70. The maximum atomic E-state index is 12.5. The third-order valence-corrected chi connectivity index (χ3v) is 5.65. The average molecular weight is 378 g/mol. The summed E-state index contributed by atoms with van der Waals surface area (Å²) in [5.41, 5.74) is 1.99. The van der Waals surface area contributed by atoms with Crippen LogP contribution in [0, 0.1) is 5.92 Å². The van der Waals surface area contributed by atoms with Crippen LogP contribution in [-0.4, -0.2) is 28.7 Å². The number of carbonyl (C=O) groups excluding carboxylic acids is 2. The number of amides is 2. The molecule has 0 aliphatic heterocycles. The van der Waals surface area contributed by atoms with Crippen LogP contribution in [0.2, 0.25) is 0 Å². The van der Waals surface area contributed by atoms with Crippen LogP contribution in [-0.2, 0) is 17.6 Å². The molecular weight excluding hydrogens is 357 g/mol. The van der Waals surface area contributed by atoms with E-state index in [0.29, 0.717) is 17.7 Å². The van der Waals surface area contributed by atoms with Crippen molar-refractivity contribution in [3.63, 3.8) is 0 Å². The lowest BCUT2D eigenvalue weighted by atomic mass is 9.87. The molecule has 25 heavy (non-hydrogen) atoms.